The highest BCUT2D eigenvalue weighted by molar-refractivity contribution is 7.53. The molecule has 0 aromatic rings. The molecule has 26 heteroatoms. The third kappa shape index (κ3) is 37.4. The third-order valence-corrected chi connectivity index (χ3v) is 10.1. The summed E-state index contributed by atoms with van der Waals surface area (Å²) < 4.78 is 44.7. The van der Waals surface area contributed by atoms with Gasteiger partial charge in [-0.2, -0.15) is 0 Å². The molecule has 0 rings (SSSR count). The van der Waals surface area contributed by atoms with E-state index in [1.807, 2.05) is 0 Å². The fourth-order valence-electron chi connectivity index (χ4n) is 4.84. The van der Waals surface area contributed by atoms with Crippen molar-refractivity contribution in [2.24, 2.45) is 0 Å². The molecule has 0 atom stereocenters. The van der Waals surface area contributed by atoms with Gasteiger partial charge in [0.2, 0.25) is 11.8 Å². The highest BCUT2D eigenvalue weighted by Gasteiger charge is 2.26. The van der Waals surface area contributed by atoms with Gasteiger partial charge in [-0.1, -0.05) is 0 Å². The lowest BCUT2D eigenvalue weighted by atomic mass is 10.1. The quantitative estimate of drug-likeness (QED) is 0.0272. The van der Waals surface area contributed by atoms with Crippen molar-refractivity contribution in [2.75, 3.05) is 77.5 Å². The van der Waals surface area contributed by atoms with Crippen molar-refractivity contribution in [3.8, 4) is 0 Å². The fraction of sp³-hybridized carbons (Fsp3) is 0.852. The number of Topliss-reactive ketones (excluding diaryl/α,β-unsaturated/α-hetero) is 2. The number of nitrogens with zero attached hydrogens (tertiary/aromatic N) is 2. The summed E-state index contributed by atoms with van der Waals surface area (Å²) in [5.74, 6) is -0.650. The minimum Gasteiger partial charge on any atom is -0.356 e. The van der Waals surface area contributed by atoms with Crippen molar-refractivity contribution in [3.05, 3.63) is 0 Å². The minimum absolute atomic E-state index is 0.0168. The Morgan fingerprint density at radius 2 is 0.717 bits per heavy atom. The molecule has 0 aliphatic rings. The maximum absolute atomic E-state index is 12.1. The van der Waals surface area contributed by atoms with E-state index in [9.17, 15) is 37.4 Å². The largest absolute Gasteiger partial charge is 0.356 e. The van der Waals surface area contributed by atoms with Crippen LogP contribution in [0.15, 0.2) is 0 Å². The van der Waals surface area contributed by atoms with Gasteiger partial charge in [-0.15, -0.1) is 0 Å². The van der Waals surface area contributed by atoms with Crippen molar-refractivity contribution < 1.29 is 76.6 Å². The van der Waals surface area contributed by atoms with Crippen LogP contribution in [-0.2, 0) is 37.4 Å². The normalized spacial score (nSPS) is 12.7. The van der Waals surface area contributed by atoms with E-state index in [0.717, 1.165) is 16.2 Å². The zero-order valence-electron chi connectivity index (χ0n) is 29.8. The molecule has 0 aromatic heterocycles. The molecular weight excluding hydrogens is 788 g/mol. The smallest absolute Gasteiger partial charge is 0.339 e. The second-order valence-corrected chi connectivity index (χ2v) is 19.0. The number of ketones is 2. The SMILES string of the molecule is O=C(CCCNC(=O)CCCN(CP(=O)(O)O)CP(=O)(O)O)CCNCCCNCCC(=O)CCCNC(=O)CCCN(CP(=O)(O)O)CP(=O)(O)O. The number of rotatable bonds is 34. The Morgan fingerprint density at radius 3 is 1.02 bits per heavy atom. The van der Waals surface area contributed by atoms with Crippen molar-refractivity contribution in [3.63, 3.8) is 0 Å². The molecular formula is C27H58N6O16P4. The van der Waals surface area contributed by atoms with Gasteiger partial charge in [-0.25, -0.2) is 0 Å². The molecule has 0 bridgehead atoms. The van der Waals surface area contributed by atoms with Crippen LogP contribution in [0.25, 0.3) is 0 Å². The van der Waals surface area contributed by atoms with E-state index in [2.05, 4.69) is 21.3 Å². The van der Waals surface area contributed by atoms with Gasteiger partial charge in [-0.3, -0.25) is 47.2 Å². The molecule has 0 saturated carbocycles. The van der Waals surface area contributed by atoms with Crippen LogP contribution in [0.4, 0.5) is 0 Å². The lowest BCUT2D eigenvalue weighted by molar-refractivity contribution is -0.122. The van der Waals surface area contributed by atoms with Gasteiger partial charge in [0, 0.05) is 64.7 Å². The number of hydrogen-bond acceptors (Lipinski definition) is 12. The molecule has 53 heavy (non-hydrogen) atoms. The van der Waals surface area contributed by atoms with Gasteiger partial charge < -0.3 is 60.4 Å². The molecule has 312 valence electrons. The lowest BCUT2D eigenvalue weighted by Gasteiger charge is -2.22. The Morgan fingerprint density at radius 1 is 0.396 bits per heavy atom. The van der Waals surface area contributed by atoms with E-state index < -0.39 is 55.5 Å². The number of carbonyl (C=O) groups excluding carboxylic acids is 4. The van der Waals surface area contributed by atoms with Gasteiger partial charge in [0.25, 0.3) is 0 Å². The van der Waals surface area contributed by atoms with Crippen LogP contribution in [0.2, 0.25) is 0 Å². The molecule has 0 aromatic carbocycles. The topological polar surface area (TPSA) is 353 Å². The number of amides is 2. The fourth-order valence-corrected chi connectivity index (χ4v) is 8.20. The molecule has 22 nitrogen and oxygen atoms in total. The number of hydrogen-bond donors (Lipinski definition) is 12. The second-order valence-electron chi connectivity index (χ2n) is 12.6. The highest BCUT2D eigenvalue weighted by Crippen LogP contribution is 2.41. The van der Waals surface area contributed by atoms with Crippen LogP contribution >= 0.6 is 30.4 Å². The number of nitrogens with one attached hydrogen (secondary N) is 4. The zero-order chi connectivity index (χ0) is 40.6. The van der Waals surface area contributed by atoms with E-state index in [-0.39, 0.29) is 88.1 Å². The van der Waals surface area contributed by atoms with Crippen LogP contribution in [0.5, 0.6) is 0 Å². The third-order valence-electron chi connectivity index (χ3n) is 7.07. The first-order valence-electron chi connectivity index (χ1n) is 17.1. The summed E-state index contributed by atoms with van der Waals surface area (Å²) in [4.78, 5) is 123. The molecule has 2 amide bonds. The van der Waals surface area contributed by atoms with Crippen molar-refractivity contribution in [1.29, 1.82) is 0 Å². The maximum Gasteiger partial charge on any atom is 0.339 e. The zero-order valence-corrected chi connectivity index (χ0v) is 33.4. The lowest BCUT2D eigenvalue weighted by Crippen LogP contribution is -2.29. The summed E-state index contributed by atoms with van der Waals surface area (Å²) in [5.41, 5.74) is 0. The Bertz CT molecular complexity index is 1160. The molecule has 0 aliphatic carbocycles. The molecule has 0 spiro atoms. The Hall–Kier alpha value is -1.28. The highest BCUT2D eigenvalue weighted by atomic mass is 31.2. The Kier molecular flexibility index (Phi) is 26.7. The van der Waals surface area contributed by atoms with Gasteiger partial charge in [0.15, 0.2) is 0 Å². The standard InChI is InChI=1S/C27H58N6O16P4/c34-24(6-1-14-30-26(36)8-3-18-32(20-50(38,39)40)21-51(41,42)43)10-16-28-12-5-13-29-17-11-25(35)7-2-15-31-27(37)9-4-19-33(22-52(44,45)46)23-53(47,48)49/h28-29H,1-23H2,(H,30,36)(H,31,37)(H2,38,39,40)(H2,41,42,43)(H2,44,45,46)(H2,47,48,49). The first kappa shape index (κ1) is 51.7. The molecule has 0 unspecified atom stereocenters. The van der Waals surface area contributed by atoms with E-state index >= 15 is 0 Å². The summed E-state index contributed by atoms with van der Waals surface area (Å²) in [5, 5.41) is 11.6. The van der Waals surface area contributed by atoms with Gasteiger partial charge in [-0.05, 0) is 58.3 Å². The average Bonchev–Trinajstić information content (AvgIpc) is 2.97. The van der Waals surface area contributed by atoms with Crippen molar-refractivity contribution in [2.45, 2.75) is 70.6 Å². The molecule has 0 heterocycles. The molecule has 0 radical (unpaired) electrons. The maximum atomic E-state index is 12.1. The monoisotopic (exact) mass is 846 g/mol. The van der Waals surface area contributed by atoms with Gasteiger partial charge in [0.05, 0.1) is 0 Å². The van der Waals surface area contributed by atoms with Crippen LogP contribution in [-0.4, -0.2) is 150 Å². The van der Waals surface area contributed by atoms with E-state index in [1.165, 1.54) is 0 Å². The van der Waals surface area contributed by atoms with Crippen molar-refractivity contribution in [1.82, 2.24) is 31.1 Å². The van der Waals surface area contributed by atoms with Crippen LogP contribution in [0, 0.1) is 0 Å². The second kappa shape index (κ2) is 27.3. The van der Waals surface area contributed by atoms with E-state index in [4.69, 9.17) is 39.1 Å². The minimum atomic E-state index is -4.54. The predicted molar refractivity (Wildman–Crippen MR) is 194 cm³/mol. The summed E-state index contributed by atoms with van der Waals surface area (Å²) in [6, 6.07) is 0. The van der Waals surface area contributed by atoms with Gasteiger partial charge in [0.1, 0.15) is 36.7 Å². The first-order valence-corrected chi connectivity index (χ1v) is 24.2. The summed E-state index contributed by atoms with van der Waals surface area (Å²) in [6.07, 6.45) is -0.279. The molecule has 0 fully saturated rings. The van der Waals surface area contributed by atoms with Crippen LogP contribution in [0.1, 0.15) is 70.6 Å². The van der Waals surface area contributed by atoms with E-state index in [0.29, 0.717) is 51.9 Å². The van der Waals surface area contributed by atoms with Gasteiger partial charge >= 0.3 is 30.4 Å². The average molecular weight is 847 g/mol. The summed E-state index contributed by atoms with van der Waals surface area (Å²) in [7, 11) is -18.2. The molecule has 0 aliphatic heterocycles. The Balaban J connectivity index is 3.81. The predicted octanol–water partition coefficient (Wildman–Crippen LogP) is -1.03. The van der Waals surface area contributed by atoms with Crippen molar-refractivity contribution >= 4 is 53.8 Å². The summed E-state index contributed by atoms with van der Waals surface area (Å²) >= 11 is 0. The van der Waals surface area contributed by atoms with Crippen LogP contribution < -0.4 is 21.3 Å². The van der Waals surface area contributed by atoms with E-state index in [1.54, 1.807) is 0 Å². The van der Waals surface area contributed by atoms with Crippen LogP contribution in [0.3, 0.4) is 0 Å². The Labute approximate surface area is 309 Å². The first-order chi connectivity index (χ1) is 24.4. The molecule has 12 N–H and O–H groups in total. The summed E-state index contributed by atoms with van der Waals surface area (Å²) in [6.45, 7) is 2.65. The number of carbonyl (C=O) groups is 4. The molecule has 0 saturated heterocycles.